The Morgan fingerprint density at radius 1 is 1.39 bits per heavy atom. The molecule has 0 aliphatic heterocycles. The molecular weight excluding hydrogens is 248 g/mol. The first-order valence-corrected chi connectivity index (χ1v) is 6.56. The number of hydrogen-bond acceptors (Lipinski definition) is 4. The van der Waals surface area contributed by atoms with E-state index in [1.165, 1.54) is 4.88 Å². The predicted octanol–water partition coefficient (Wildman–Crippen LogP) is 3.62. The van der Waals surface area contributed by atoms with Gasteiger partial charge in [-0.15, -0.1) is 11.3 Å². The second-order valence-electron chi connectivity index (χ2n) is 4.03. The number of hydrogen-bond donors (Lipinski definition) is 1. The molecule has 0 saturated carbocycles. The van der Waals surface area contributed by atoms with Gasteiger partial charge in [-0.2, -0.15) is 0 Å². The second-order valence-corrected chi connectivity index (χ2v) is 5.07. The average Bonchev–Trinajstić information content (AvgIpc) is 2.82. The van der Waals surface area contributed by atoms with E-state index >= 15 is 0 Å². The molecular formula is C13H14N2O2S. The Balaban J connectivity index is 2.03. The van der Waals surface area contributed by atoms with Crippen LogP contribution in [0.15, 0.2) is 35.7 Å². The first-order chi connectivity index (χ1) is 8.66. The van der Waals surface area contributed by atoms with E-state index in [0.29, 0.717) is 12.2 Å². The van der Waals surface area contributed by atoms with Gasteiger partial charge in [-0.1, -0.05) is 12.1 Å². The molecule has 1 aromatic carbocycles. The molecule has 1 N–H and O–H groups in total. The van der Waals surface area contributed by atoms with E-state index in [-0.39, 0.29) is 10.6 Å². The van der Waals surface area contributed by atoms with Gasteiger partial charge in [-0.25, -0.2) is 0 Å². The van der Waals surface area contributed by atoms with E-state index in [0.717, 1.165) is 12.0 Å². The van der Waals surface area contributed by atoms with Crippen LogP contribution >= 0.6 is 11.3 Å². The Bertz CT molecular complexity index is 538. The minimum Gasteiger partial charge on any atom is -0.379 e. The fourth-order valence-electron chi connectivity index (χ4n) is 1.73. The van der Waals surface area contributed by atoms with Crippen molar-refractivity contribution in [2.24, 2.45) is 0 Å². The van der Waals surface area contributed by atoms with E-state index in [4.69, 9.17) is 0 Å². The molecule has 0 amide bonds. The zero-order chi connectivity index (χ0) is 13.0. The van der Waals surface area contributed by atoms with Crippen LogP contribution in [0.2, 0.25) is 0 Å². The maximum absolute atomic E-state index is 10.9. The predicted molar refractivity (Wildman–Crippen MR) is 74.3 cm³/mol. The molecule has 0 saturated heterocycles. The van der Waals surface area contributed by atoms with Crippen molar-refractivity contribution in [1.82, 2.24) is 0 Å². The molecule has 0 unspecified atom stereocenters. The van der Waals surface area contributed by atoms with E-state index in [2.05, 4.69) is 11.4 Å². The number of aryl methyl sites for hydroxylation is 1. The third-order valence-corrected chi connectivity index (χ3v) is 3.55. The van der Waals surface area contributed by atoms with Crippen LogP contribution in [0, 0.1) is 17.0 Å². The smallest absolute Gasteiger partial charge is 0.292 e. The van der Waals surface area contributed by atoms with Crippen LogP contribution in [0.3, 0.4) is 0 Å². The largest absolute Gasteiger partial charge is 0.379 e. The van der Waals surface area contributed by atoms with Gasteiger partial charge in [0.2, 0.25) is 0 Å². The number of nitrogens with one attached hydrogen (secondary N) is 1. The van der Waals surface area contributed by atoms with Gasteiger partial charge in [0, 0.05) is 17.5 Å². The molecule has 2 rings (SSSR count). The topological polar surface area (TPSA) is 55.2 Å². The highest BCUT2D eigenvalue weighted by Crippen LogP contribution is 2.25. The van der Waals surface area contributed by atoms with Gasteiger partial charge in [0.15, 0.2) is 0 Å². The lowest BCUT2D eigenvalue weighted by Crippen LogP contribution is -2.06. The SMILES string of the molecule is Cc1ccc([N+](=O)[O-])c(NCCc2cccs2)c1. The van der Waals surface area contributed by atoms with E-state index < -0.39 is 0 Å². The van der Waals surface area contributed by atoms with Crippen LogP contribution < -0.4 is 5.32 Å². The van der Waals surface area contributed by atoms with Crippen LogP contribution in [0.25, 0.3) is 0 Å². The van der Waals surface area contributed by atoms with Crippen LogP contribution in [-0.2, 0) is 6.42 Å². The molecule has 0 spiro atoms. The maximum atomic E-state index is 10.9. The third-order valence-electron chi connectivity index (χ3n) is 2.62. The Morgan fingerprint density at radius 2 is 2.22 bits per heavy atom. The van der Waals surface area contributed by atoms with Crippen LogP contribution in [-0.4, -0.2) is 11.5 Å². The van der Waals surface area contributed by atoms with Crippen molar-refractivity contribution in [2.75, 3.05) is 11.9 Å². The van der Waals surface area contributed by atoms with Gasteiger partial charge in [0.25, 0.3) is 5.69 Å². The summed E-state index contributed by atoms with van der Waals surface area (Å²) < 4.78 is 0. The number of benzene rings is 1. The molecule has 5 heteroatoms. The van der Waals surface area contributed by atoms with Gasteiger partial charge in [-0.3, -0.25) is 10.1 Å². The highest BCUT2D eigenvalue weighted by molar-refractivity contribution is 7.09. The van der Waals surface area contributed by atoms with E-state index in [9.17, 15) is 10.1 Å². The Morgan fingerprint density at radius 3 is 2.89 bits per heavy atom. The van der Waals surface area contributed by atoms with Gasteiger partial charge in [-0.05, 0) is 36.4 Å². The highest BCUT2D eigenvalue weighted by atomic mass is 32.1. The Hall–Kier alpha value is -1.88. The summed E-state index contributed by atoms with van der Waals surface area (Å²) >= 11 is 1.70. The summed E-state index contributed by atoms with van der Waals surface area (Å²) in [5.41, 5.74) is 1.74. The lowest BCUT2D eigenvalue weighted by atomic mass is 10.2. The zero-order valence-corrected chi connectivity index (χ0v) is 10.9. The van der Waals surface area contributed by atoms with Crippen molar-refractivity contribution < 1.29 is 4.92 Å². The van der Waals surface area contributed by atoms with Crippen molar-refractivity contribution in [1.29, 1.82) is 0 Å². The molecule has 4 nitrogen and oxygen atoms in total. The number of nitrogens with zero attached hydrogens (tertiary/aromatic N) is 1. The van der Waals surface area contributed by atoms with Crippen molar-refractivity contribution in [3.63, 3.8) is 0 Å². The minimum absolute atomic E-state index is 0.131. The number of nitro groups is 1. The number of anilines is 1. The standard InChI is InChI=1S/C13H14N2O2S/c1-10-4-5-13(15(16)17)12(9-10)14-7-6-11-3-2-8-18-11/h2-5,8-9,14H,6-7H2,1H3. The highest BCUT2D eigenvalue weighted by Gasteiger charge is 2.12. The maximum Gasteiger partial charge on any atom is 0.292 e. The summed E-state index contributed by atoms with van der Waals surface area (Å²) in [6.45, 7) is 2.62. The molecule has 2 aromatic rings. The zero-order valence-electron chi connectivity index (χ0n) is 10.1. The first kappa shape index (κ1) is 12.6. The second kappa shape index (κ2) is 5.64. The monoisotopic (exact) mass is 262 g/mol. The molecule has 18 heavy (non-hydrogen) atoms. The number of thiophene rings is 1. The molecule has 0 atom stereocenters. The van der Waals surface area contributed by atoms with Crippen LogP contribution in [0.1, 0.15) is 10.4 Å². The Kier molecular flexibility index (Phi) is 3.94. The molecule has 0 fully saturated rings. The summed E-state index contributed by atoms with van der Waals surface area (Å²) in [4.78, 5) is 11.8. The van der Waals surface area contributed by atoms with E-state index in [1.807, 2.05) is 24.4 Å². The van der Waals surface area contributed by atoms with Gasteiger partial charge >= 0.3 is 0 Å². The van der Waals surface area contributed by atoms with Gasteiger partial charge < -0.3 is 5.32 Å². The molecule has 1 heterocycles. The van der Waals surface area contributed by atoms with Gasteiger partial charge in [0.05, 0.1) is 4.92 Å². The molecule has 0 radical (unpaired) electrons. The van der Waals surface area contributed by atoms with E-state index in [1.54, 1.807) is 23.5 Å². The van der Waals surface area contributed by atoms with Gasteiger partial charge in [0.1, 0.15) is 5.69 Å². The molecule has 1 aromatic heterocycles. The average molecular weight is 262 g/mol. The number of nitro benzene ring substituents is 1. The van der Waals surface area contributed by atoms with Crippen LogP contribution in [0.5, 0.6) is 0 Å². The summed E-state index contributed by atoms with van der Waals surface area (Å²) in [5, 5.41) is 16.1. The molecule has 94 valence electrons. The first-order valence-electron chi connectivity index (χ1n) is 5.68. The summed E-state index contributed by atoms with van der Waals surface area (Å²) in [6.07, 6.45) is 0.878. The lowest BCUT2D eigenvalue weighted by Gasteiger charge is -2.07. The molecule has 0 aliphatic carbocycles. The van der Waals surface area contributed by atoms with Crippen molar-refractivity contribution in [2.45, 2.75) is 13.3 Å². The quantitative estimate of drug-likeness (QED) is 0.661. The van der Waals surface area contributed by atoms with Crippen molar-refractivity contribution in [3.8, 4) is 0 Å². The van der Waals surface area contributed by atoms with Crippen molar-refractivity contribution >= 4 is 22.7 Å². The Labute approximate surface area is 109 Å². The molecule has 0 aliphatic rings. The van der Waals surface area contributed by atoms with Crippen LogP contribution in [0.4, 0.5) is 11.4 Å². The third kappa shape index (κ3) is 3.07. The fraction of sp³-hybridized carbons (Fsp3) is 0.231. The summed E-state index contributed by atoms with van der Waals surface area (Å²) in [6, 6.07) is 9.18. The number of rotatable bonds is 5. The molecule has 0 bridgehead atoms. The van der Waals surface area contributed by atoms with Crippen molar-refractivity contribution in [3.05, 3.63) is 56.3 Å². The lowest BCUT2D eigenvalue weighted by molar-refractivity contribution is -0.384. The fourth-order valence-corrected chi connectivity index (χ4v) is 2.43. The minimum atomic E-state index is -0.354. The normalized spacial score (nSPS) is 10.3. The summed E-state index contributed by atoms with van der Waals surface area (Å²) in [5.74, 6) is 0. The summed E-state index contributed by atoms with van der Waals surface area (Å²) in [7, 11) is 0.